The monoisotopic (exact) mass is 416 g/mol. The van der Waals surface area contributed by atoms with Crippen molar-refractivity contribution in [3.63, 3.8) is 0 Å². The summed E-state index contributed by atoms with van der Waals surface area (Å²) in [7, 11) is 0. The van der Waals surface area contributed by atoms with E-state index in [1.54, 1.807) is 10.9 Å². The Kier molecular flexibility index (Phi) is 5.63. The van der Waals surface area contributed by atoms with Crippen LogP contribution in [0.2, 0.25) is 0 Å². The fourth-order valence-electron chi connectivity index (χ4n) is 3.92. The second-order valence-corrected chi connectivity index (χ2v) is 8.58. The van der Waals surface area contributed by atoms with Crippen LogP contribution < -0.4 is 11.2 Å². The van der Waals surface area contributed by atoms with E-state index in [0.29, 0.717) is 30.2 Å². The maximum atomic E-state index is 13.5. The molecule has 0 saturated heterocycles. The quantitative estimate of drug-likeness (QED) is 0.476. The molecule has 0 amide bonds. The van der Waals surface area contributed by atoms with Crippen molar-refractivity contribution in [2.45, 2.75) is 47.2 Å². The van der Waals surface area contributed by atoms with E-state index in [1.165, 1.54) is 4.57 Å². The first-order valence-corrected chi connectivity index (χ1v) is 10.7. The van der Waals surface area contributed by atoms with E-state index in [1.807, 2.05) is 60.9 Å². The number of fused-ring (bicyclic) bond motifs is 1. The number of hydrogen-bond acceptors (Lipinski definition) is 3. The SMILES string of the molecule is Cc1cccc(Cn2cnc3c2c(=O)n(CCC(C)C)c(=O)n3-c2ccccc2C)c1. The molecule has 0 aliphatic carbocycles. The van der Waals surface area contributed by atoms with Crippen LogP contribution in [0.4, 0.5) is 0 Å². The Morgan fingerprint density at radius 3 is 2.48 bits per heavy atom. The van der Waals surface area contributed by atoms with Gasteiger partial charge < -0.3 is 4.57 Å². The molecule has 0 fully saturated rings. The van der Waals surface area contributed by atoms with Crippen molar-refractivity contribution in [1.29, 1.82) is 0 Å². The lowest BCUT2D eigenvalue weighted by Crippen LogP contribution is -2.40. The third-order valence-electron chi connectivity index (χ3n) is 5.62. The van der Waals surface area contributed by atoms with Gasteiger partial charge in [-0.3, -0.25) is 9.36 Å². The molecule has 2 aromatic heterocycles. The first kappa shape index (κ1) is 20.8. The van der Waals surface area contributed by atoms with E-state index >= 15 is 0 Å². The number of benzene rings is 2. The first-order valence-electron chi connectivity index (χ1n) is 10.7. The van der Waals surface area contributed by atoms with Gasteiger partial charge in [0.25, 0.3) is 5.56 Å². The molecule has 0 N–H and O–H groups in total. The summed E-state index contributed by atoms with van der Waals surface area (Å²) >= 11 is 0. The summed E-state index contributed by atoms with van der Waals surface area (Å²) in [6, 6.07) is 15.9. The van der Waals surface area contributed by atoms with E-state index in [9.17, 15) is 9.59 Å². The number of hydrogen-bond donors (Lipinski definition) is 0. The van der Waals surface area contributed by atoms with Gasteiger partial charge in [0.1, 0.15) is 0 Å². The molecule has 0 aliphatic rings. The van der Waals surface area contributed by atoms with Crippen molar-refractivity contribution in [2.24, 2.45) is 5.92 Å². The van der Waals surface area contributed by atoms with Crippen LogP contribution in [-0.4, -0.2) is 18.7 Å². The summed E-state index contributed by atoms with van der Waals surface area (Å²) in [4.78, 5) is 31.4. The standard InChI is InChI=1S/C25H28N4O2/c1-17(2)12-13-28-24(30)22-23(29(25(28)31)21-11-6-5-9-19(21)4)26-16-27(22)15-20-10-7-8-18(3)14-20/h5-11,14,16-17H,12-13,15H2,1-4H3. The highest BCUT2D eigenvalue weighted by Crippen LogP contribution is 2.18. The van der Waals surface area contributed by atoms with Gasteiger partial charge >= 0.3 is 5.69 Å². The zero-order valence-corrected chi connectivity index (χ0v) is 18.5. The molecule has 0 atom stereocenters. The van der Waals surface area contributed by atoms with Crippen molar-refractivity contribution in [3.05, 3.63) is 92.4 Å². The Morgan fingerprint density at radius 2 is 1.77 bits per heavy atom. The van der Waals surface area contributed by atoms with E-state index in [2.05, 4.69) is 24.9 Å². The molecule has 2 heterocycles. The van der Waals surface area contributed by atoms with Gasteiger partial charge in [0.05, 0.1) is 12.0 Å². The zero-order valence-electron chi connectivity index (χ0n) is 18.5. The average Bonchev–Trinajstić information content (AvgIpc) is 3.12. The molecule has 0 aliphatic heterocycles. The lowest BCUT2D eigenvalue weighted by molar-refractivity contribution is 0.491. The van der Waals surface area contributed by atoms with Gasteiger partial charge in [-0.05, 0) is 43.4 Å². The fourth-order valence-corrected chi connectivity index (χ4v) is 3.92. The Bertz CT molecular complexity index is 1360. The van der Waals surface area contributed by atoms with Crippen LogP contribution in [-0.2, 0) is 13.1 Å². The summed E-state index contributed by atoms with van der Waals surface area (Å²) in [5.74, 6) is 0.381. The number of para-hydroxylation sites is 1. The Labute approximate surface area is 181 Å². The molecule has 4 rings (SSSR count). The number of nitrogens with zero attached hydrogens (tertiary/aromatic N) is 4. The molecule has 0 radical (unpaired) electrons. The summed E-state index contributed by atoms with van der Waals surface area (Å²) in [6.07, 6.45) is 2.41. The van der Waals surface area contributed by atoms with Gasteiger partial charge in [-0.1, -0.05) is 61.9 Å². The van der Waals surface area contributed by atoms with Gasteiger partial charge in [0.2, 0.25) is 0 Å². The molecule has 0 saturated carbocycles. The number of imidazole rings is 1. The summed E-state index contributed by atoms with van der Waals surface area (Å²) in [5.41, 5.74) is 4.17. The van der Waals surface area contributed by atoms with Crippen LogP contribution in [0.15, 0.2) is 64.4 Å². The van der Waals surface area contributed by atoms with Crippen LogP contribution in [0.5, 0.6) is 0 Å². The van der Waals surface area contributed by atoms with E-state index in [-0.39, 0.29) is 11.2 Å². The van der Waals surface area contributed by atoms with Gasteiger partial charge in [0.15, 0.2) is 11.2 Å². The molecule has 6 nitrogen and oxygen atoms in total. The van der Waals surface area contributed by atoms with Crippen LogP contribution in [0, 0.1) is 19.8 Å². The molecule has 0 spiro atoms. The highest BCUT2D eigenvalue weighted by molar-refractivity contribution is 5.73. The molecule has 0 bridgehead atoms. The third-order valence-corrected chi connectivity index (χ3v) is 5.62. The smallest absolute Gasteiger partial charge is 0.320 e. The molecule has 2 aromatic carbocycles. The molecule has 4 aromatic rings. The molecule has 0 unspecified atom stereocenters. The van der Waals surface area contributed by atoms with Crippen molar-refractivity contribution < 1.29 is 0 Å². The summed E-state index contributed by atoms with van der Waals surface area (Å²) in [6.45, 7) is 9.08. The fraction of sp³-hybridized carbons (Fsp3) is 0.320. The second-order valence-electron chi connectivity index (χ2n) is 8.58. The normalized spacial score (nSPS) is 11.5. The largest absolute Gasteiger partial charge is 0.337 e. The van der Waals surface area contributed by atoms with E-state index in [0.717, 1.165) is 28.8 Å². The van der Waals surface area contributed by atoms with E-state index in [4.69, 9.17) is 0 Å². The van der Waals surface area contributed by atoms with Gasteiger partial charge in [-0.15, -0.1) is 0 Å². The van der Waals surface area contributed by atoms with Crippen molar-refractivity contribution in [3.8, 4) is 5.69 Å². The molecular formula is C25H28N4O2. The van der Waals surface area contributed by atoms with E-state index < -0.39 is 0 Å². The predicted molar refractivity (Wildman–Crippen MR) is 124 cm³/mol. The zero-order chi connectivity index (χ0) is 22.1. The van der Waals surface area contributed by atoms with Crippen molar-refractivity contribution in [2.75, 3.05) is 0 Å². The summed E-state index contributed by atoms with van der Waals surface area (Å²) in [5, 5.41) is 0. The first-order chi connectivity index (χ1) is 14.9. The molecule has 6 heteroatoms. The number of aromatic nitrogens is 4. The van der Waals surface area contributed by atoms with Crippen molar-refractivity contribution in [1.82, 2.24) is 18.7 Å². The van der Waals surface area contributed by atoms with Crippen LogP contribution in [0.3, 0.4) is 0 Å². The highest BCUT2D eigenvalue weighted by atomic mass is 16.2. The van der Waals surface area contributed by atoms with Crippen LogP contribution in [0.25, 0.3) is 16.9 Å². The van der Waals surface area contributed by atoms with Gasteiger partial charge in [0, 0.05) is 13.1 Å². The molecular weight excluding hydrogens is 388 g/mol. The van der Waals surface area contributed by atoms with Gasteiger partial charge in [-0.25, -0.2) is 14.3 Å². The number of rotatable bonds is 6. The Balaban J connectivity index is 1.98. The maximum Gasteiger partial charge on any atom is 0.337 e. The molecule has 160 valence electrons. The Morgan fingerprint density at radius 1 is 1.00 bits per heavy atom. The lowest BCUT2D eigenvalue weighted by atomic mass is 10.1. The maximum absolute atomic E-state index is 13.5. The summed E-state index contributed by atoms with van der Waals surface area (Å²) < 4.78 is 4.80. The minimum absolute atomic E-state index is 0.282. The minimum atomic E-state index is -0.340. The van der Waals surface area contributed by atoms with Crippen LogP contribution >= 0.6 is 0 Å². The van der Waals surface area contributed by atoms with Crippen molar-refractivity contribution >= 4 is 11.2 Å². The second kappa shape index (κ2) is 8.38. The van der Waals surface area contributed by atoms with Crippen LogP contribution in [0.1, 0.15) is 37.0 Å². The minimum Gasteiger partial charge on any atom is -0.320 e. The Hall–Kier alpha value is -3.41. The topological polar surface area (TPSA) is 61.8 Å². The lowest BCUT2D eigenvalue weighted by Gasteiger charge is -2.15. The number of aryl methyl sites for hydroxylation is 2. The molecule has 31 heavy (non-hydrogen) atoms. The predicted octanol–water partition coefficient (Wildman–Crippen LogP) is 4.06. The average molecular weight is 417 g/mol. The highest BCUT2D eigenvalue weighted by Gasteiger charge is 2.20. The van der Waals surface area contributed by atoms with Gasteiger partial charge in [-0.2, -0.15) is 0 Å². The third kappa shape index (κ3) is 3.98.